The van der Waals surface area contributed by atoms with Crippen molar-refractivity contribution in [2.75, 3.05) is 20.3 Å². The van der Waals surface area contributed by atoms with E-state index in [0.29, 0.717) is 23.6 Å². The third-order valence-corrected chi connectivity index (χ3v) is 3.39. The monoisotopic (exact) mass is 308 g/mol. The van der Waals surface area contributed by atoms with Gasteiger partial charge in [0, 0.05) is 19.1 Å². The maximum absolute atomic E-state index is 12.2. The van der Waals surface area contributed by atoms with Gasteiger partial charge in [0.1, 0.15) is 5.69 Å². The van der Waals surface area contributed by atoms with Crippen molar-refractivity contribution in [2.45, 2.75) is 12.5 Å². The second-order valence-electron chi connectivity index (χ2n) is 4.64. The van der Waals surface area contributed by atoms with E-state index in [0.717, 1.165) is 5.39 Å². The molecule has 1 aromatic heterocycles. The van der Waals surface area contributed by atoms with Gasteiger partial charge in [0.05, 0.1) is 23.2 Å². The maximum atomic E-state index is 12.2. The summed E-state index contributed by atoms with van der Waals surface area (Å²) in [6, 6.07) is 8.64. The fraction of sp³-hybridized carbons (Fsp3) is 0.333. The van der Waals surface area contributed by atoms with Gasteiger partial charge >= 0.3 is 0 Å². The Morgan fingerprint density at radius 3 is 2.95 bits per heavy atom. The summed E-state index contributed by atoms with van der Waals surface area (Å²) in [6.07, 6.45) is 0.418. The van der Waals surface area contributed by atoms with E-state index in [4.69, 9.17) is 21.4 Å². The number of nitrogens with one attached hydrogen (secondary N) is 1. The molecule has 0 spiro atoms. The molecule has 2 N–H and O–H groups in total. The molecule has 1 unspecified atom stereocenters. The average molecular weight is 309 g/mol. The van der Waals surface area contributed by atoms with E-state index in [-0.39, 0.29) is 24.2 Å². The summed E-state index contributed by atoms with van der Waals surface area (Å²) in [6.45, 7) is 0.299. The first-order valence-corrected chi connectivity index (χ1v) is 6.99. The molecule has 5 nitrogen and oxygen atoms in total. The van der Waals surface area contributed by atoms with Crippen LogP contribution in [0.15, 0.2) is 30.3 Å². The number of hydrogen-bond acceptors (Lipinski definition) is 4. The van der Waals surface area contributed by atoms with Gasteiger partial charge in [0.15, 0.2) is 0 Å². The highest BCUT2D eigenvalue weighted by Gasteiger charge is 2.16. The van der Waals surface area contributed by atoms with Gasteiger partial charge in [-0.3, -0.25) is 4.79 Å². The number of hydrogen-bond donors (Lipinski definition) is 2. The van der Waals surface area contributed by atoms with Gasteiger partial charge in [0.2, 0.25) is 0 Å². The lowest BCUT2D eigenvalue weighted by Gasteiger charge is -2.16. The summed E-state index contributed by atoms with van der Waals surface area (Å²) in [5.74, 6) is -0.335. The van der Waals surface area contributed by atoms with Crippen molar-refractivity contribution < 1.29 is 14.6 Å². The first-order chi connectivity index (χ1) is 10.2. The van der Waals surface area contributed by atoms with E-state index in [1.807, 2.05) is 18.2 Å². The van der Waals surface area contributed by atoms with Crippen LogP contribution in [-0.2, 0) is 4.74 Å². The van der Waals surface area contributed by atoms with Gasteiger partial charge in [-0.25, -0.2) is 4.98 Å². The molecule has 1 atom stereocenters. The fourth-order valence-electron chi connectivity index (χ4n) is 2.06. The van der Waals surface area contributed by atoms with E-state index >= 15 is 0 Å². The Kier molecular flexibility index (Phi) is 5.50. The van der Waals surface area contributed by atoms with E-state index in [9.17, 15) is 4.79 Å². The number of carbonyl (C=O) groups is 1. The van der Waals surface area contributed by atoms with Gasteiger partial charge < -0.3 is 15.2 Å². The summed E-state index contributed by atoms with van der Waals surface area (Å²) in [7, 11) is 1.54. The third-order valence-electron chi connectivity index (χ3n) is 3.08. The number of amides is 1. The predicted molar refractivity (Wildman–Crippen MR) is 81.6 cm³/mol. The van der Waals surface area contributed by atoms with Crippen LogP contribution in [0.5, 0.6) is 0 Å². The molecular formula is C15H17ClN2O3. The first kappa shape index (κ1) is 15.7. The van der Waals surface area contributed by atoms with Crippen LogP contribution >= 0.6 is 11.6 Å². The Hall–Kier alpha value is -1.69. The zero-order valence-electron chi connectivity index (χ0n) is 11.7. The Morgan fingerprint density at radius 1 is 1.48 bits per heavy atom. The molecule has 1 amide bonds. The van der Waals surface area contributed by atoms with Gasteiger partial charge in [0.25, 0.3) is 5.91 Å². The molecule has 0 aliphatic heterocycles. The molecule has 0 aliphatic rings. The summed E-state index contributed by atoms with van der Waals surface area (Å²) in [5.41, 5.74) is 0.915. The van der Waals surface area contributed by atoms with E-state index in [1.165, 1.54) is 0 Å². The quantitative estimate of drug-likeness (QED) is 0.856. The molecule has 2 aromatic rings. The summed E-state index contributed by atoms with van der Waals surface area (Å²) in [5, 5.41) is 13.1. The molecular weight excluding hydrogens is 292 g/mol. The number of carbonyl (C=O) groups excluding carboxylic acids is 1. The van der Waals surface area contributed by atoms with Crippen LogP contribution < -0.4 is 5.32 Å². The van der Waals surface area contributed by atoms with Crippen molar-refractivity contribution in [1.29, 1.82) is 0 Å². The molecule has 0 bridgehead atoms. The molecule has 0 radical (unpaired) electrons. The topological polar surface area (TPSA) is 71.5 Å². The molecule has 112 valence electrons. The molecule has 0 saturated heterocycles. The average Bonchev–Trinajstić information content (AvgIpc) is 2.47. The standard InChI is InChI=1S/C15H17ClN2O3/c1-21-9-10(6-7-19)17-15(20)14-8-12(16)11-4-2-3-5-13(11)18-14/h2-5,8,10,19H,6-7,9H2,1H3,(H,17,20). The van der Waals surface area contributed by atoms with Crippen molar-refractivity contribution in [2.24, 2.45) is 0 Å². The van der Waals surface area contributed by atoms with E-state index < -0.39 is 0 Å². The number of methoxy groups -OCH3 is 1. The highest BCUT2D eigenvalue weighted by Crippen LogP contribution is 2.22. The smallest absolute Gasteiger partial charge is 0.270 e. The summed E-state index contributed by atoms with van der Waals surface area (Å²) in [4.78, 5) is 16.5. The van der Waals surface area contributed by atoms with Crippen molar-refractivity contribution in [1.82, 2.24) is 10.3 Å². The highest BCUT2D eigenvalue weighted by molar-refractivity contribution is 6.35. The number of para-hydroxylation sites is 1. The minimum absolute atomic E-state index is 0.0276. The number of halogens is 1. The van der Waals surface area contributed by atoms with Gasteiger partial charge in [-0.05, 0) is 18.6 Å². The maximum Gasteiger partial charge on any atom is 0.270 e. The number of nitrogens with zero attached hydrogens (tertiary/aromatic N) is 1. The molecule has 0 saturated carbocycles. The summed E-state index contributed by atoms with van der Waals surface area (Å²) < 4.78 is 5.01. The molecule has 6 heteroatoms. The highest BCUT2D eigenvalue weighted by atomic mass is 35.5. The van der Waals surface area contributed by atoms with Crippen LogP contribution in [0.1, 0.15) is 16.9 Å². The molecule has 2 rings (SSSR count). The zero-order valence-corrected chi connectivity index (χ0v) is 12.4. The first-order valence-electron chi connectivity index (χ1n) is 6.61. The van der Waals surface area contributed by atoms with Crippen LogP contribution in [-0.4, -0.2) is 42.4 Å². The Morgan fingerprint density at radius 2 is 2.24 bits per heavy atom. The molecule has 0 fully saturated rings. The molecule has 0 aliphatic carbocycles. The van der Waals surface area contributed by atoms with Crippen LogP contribution in [0.3, 0.4) is 0 Å². The fourth-order valence-corrected chi connectivity index (χ4v) is 2.33. The van der Waals surface area contributed by atoms with Crippen molar-refractivity contribution >= 4 is 28.4 Å². The Labute approximate surface area is 127 Å². The van der Waals surface area contributed by atoms with Gasteiger partial charge in [-0.1, -0.05) is 29.8 Å². The lowest BCUT2D eigenvalue weighted by molar-refractivity contribution is 0.0874. The normalized spacial score (nSPS) is 12.3. The molecule has 1 aromatic carbocycles. The van der Waals surface area contributed by atoms with E-state index in [2.05, 4.69) is 10.3 Å². The van der Waals surface area contributed by atoms with Gasteiger partial charge in [-0.2, -0.15) is 0 Å². The molecule has 1 heterocycles. The van der Waals surface area contributed by atoms with E-state index in [1.54, 1.807) is 19.2 Å². The Balaban J connectivity index is 2.22. The predicted octanol–water partition coefficient (Wildman–Crippen LogP) is 2.02. The number of rotatable bonds is 6. The third kappa shape index (κ3) is 3.91. The number of ether oxygens (including phenoxy) is 1. The largest absolute Gasteiger partial charge is 0.396 e. The lowest BCUT2D eigenvalue weighted by atomic mass is 10.2. The minimum atomic E-state index is -0.335. The Bertz CT molecular complexity index is 627. The van der Waals surface area contributed by atoms with Crippen molar-refractivity contribution in [3.8, 4) is 0 Å². The summed E-state index contributed by atoms with van der Waals surface area (Å²) >= 11 is 6.18. The number of fused-ring (bicyclic) bond motifs is 1. The molecule has 21 heavy (non-hydrogen) atoms. The number of aliphatic hydroxyl groups is 1. The van der Waals surface area contributed by atoms with Crippen molar-refractivity contribution in [3.63, 3.8) is 0 Å². The van der Waals surface area contributed by atoms with Crippen LogP contribution in [0.2, 0.25) is 5.02 Å². The SMILES string of the molecule is COCC(CCO)NC(=O)c1cc(Cl)c2ccccc2n1. The number of pyridine rings is 1. The zero-order chi connectivity index (χ0) is 15.2. The lowest BCUT2D eigenvalue weighted by Crippen LogP contribution is -2.39. The number of benzene rings is 1. The second-order valence-corrected chi connectivity index (χ2v) is 5.05. The van der Waals surface area contributed by atoms with Crippen LogP contribution in [0, 0.1) is 0 Å². The van der Waals surface area contributed by atoms with Crippen molar-refractivity contribution in [3.05, 3.63) is 41.0 Å². The van der Waals surface area contributed by atoms with Crippen LogP contribution in [0.25, 0.3) is 10.9 Å². The van der Waals surface area contributed by atoms with Gasteiger partial charge in [-0.15, -0.1) is 0 Å². The second kappa shape index (κ2) is 7.36. The minimum Gasteiger partial charge on any atom is -0.396 e. The number of aromatic nitrogens is 1. The van der Waals surface area contributed by atoms with Crippen LogP contribution in [0.4, 0.5) is 0 Å². The number of aliphatic hydroxyl groups excluding tert-OH is 1.